The predicted molar refractivity (Wildman–Crippen MR) is 67.9 cm³/mol. The molecule has 0 unspecified atom stereocenters. The van der Waals surface area contributed by atoms with Gasteiger partial charge in [0.15, 0.2) is 0 Å². The summed E-state index contributed by atoms with van der Waals surface area (Å²) in [5.74, 6) is -0.735. The number of rotatable bonds is 3. The van der Waals surface area contributed by atoms with Crippen LogP contribution in [0.5, 0.6) is 0 Å². The van der Waals surface area contributed by atoms with Gasteiger partial charge in [0.2, 0.25) is 0 Å². The fourth-order valence-corrected chi connectivity index (χ4v) is 1.69. The first-order valence-electron chi connectivity index (χ1n) is 5.82. The molecule has 96 valence electrons. The second-order valence-electron chi connectivity index (χ2n) is 5.53. The summed E-state index contributed by atoms with van der Waals surface area (Å²) in [4.78, 5) is 10.2. The standard InChI is InChI=1S/C8H15NO2.C4H9Cl/c9-8(4-1-2-5-8)6-3-7(10)11;1-4(2,3)5/h1-6,9H2,(H,10,11);1-3H3. The van der Waals surface area contributed by atoms with E-state index in [0.29, 0.717) is 6.42 Å². The van der Waals surface area contributed by atoms with Crippen molar-refractivity contribution in [2.45, 2.75) is 69.7 Å². The number of carboxylic acid groups (broad SMARTS) is 1. The Labute approximate surface area is 103 Å². The van der Waals surface area contributed by atoms with Gasteiger partial charge in [0.1, 0.15) is 0 Å². The average molecular weight is 250 g/mol. The molecule has 0 amide bonds. The van der Waals surface area contributed by atoms with Crippen molar-refractivity contribution in [3.63, 3.8) is 0 Å². The molecule has 3 N–H and O–H groups in total. The SMILES string of the molecule is CC(C)(C)Cl.NC1(CCC(=O)O)CCCC1. The van der Waals surface area contributed by atoms with Gasteiger partial charge in [-0.15, -0.1) is 11.6 Å². The van der Waals surface area contributed by atoms with Crippen LogP contribution in [0.1, 0.15) is 59.3 Å². The second-order valence-corrected chi connectivity index (χ2v) is 6.66. The van der Waals surface area contributed by atoms with Crippen molar-refractivity contribution >= 4 is 17.6 Å². The zero-order chi connectivity index (χ0) is 12.8. The minimum Gasteiger partial charge on any atom is -0.481 e. The number of hydrogen-bond donors (Lipinski definition) is 2. The molecule has 0 aromatic rings. The molecule has 0 radical (unpaired) electrons. The Morgan fingerprint density at radius 2 is 1.75 bits per heavy atom. The third kappa shape index (κ3) is 10.2. The predicted octanol–water partition coefficient (Wildman–Crippen LogP) is 3.15. The van der Waals surface area contributed by atoms with Crippen LogP contribution in [0, 0.1) is 0 Å². The van der Waals surface area contributed by atoms with E-state index in [-0.39, 0.29) is 16.8 Å². The van der Waals surface area contributed by atoms with Crippen LogP contribution in [0.2, 0.25) is 0 Å². The minimum atomic E-state index is -0.735. The Morgan fingerprint density at radius 3 is 2.06 bits per heavy atom. The summed E-state index contributed by atoms with van der Waals surface area (Å²) in [6.45, 7) is 5.86. The Bertz CT molecular complexity index is 212. The van der Waals surface area contributed by atoms with Crippen molar-refractivity contribution in [3.8, 4) is 0 Å². The molecule has 0 heterocycles. The molecule has 0 bridgehead atoms. The molecule has 0 aliphatic heterocycles. The zero-order valence-electron chi connectivity index (χ0n) is 10.6. The molecule has 1 fully saturated rings. The van der Waals surface area contributed by atoms with Gasteiger partial charge >= 0.3 is 5.97 Å². The largest absolute Gasteiger partial charge is 0.481 e. The summed E-state index contributed by atoms with van der Waals surface area (Å²) in [6.07, 6.45) is 5.19. The first-order valence-corrected chi connectivity index (χ1v) is 6.20. The van der Waals surface area contributed by atoms with Crippen LogP contribution in [0.3, 0.4) is 0 Å². The topological polar surface area (TPSA) is 63.3 Å². The van der Waals surface area contributed by atoms with Crippen LogP contribution in [0.4, 0.5) is 0 Å². The summed E-state index contributed by atoms with van der Waals surface area (Å²) < 4.78 is 0. The summed E-state index contributed by atoms with van der Waals surface area (Å²) >= 11 is 5.53. The summed E-state index contributed by atoms with van der Waals surface area (Å²) in [7, 11) is 0. The van der Waals surface area contributed by atoms with Gasteiger partial charge in [-0.25, -0.2) is 0 Å². The summed E-state index contributed by atoms with van der Waals surface area (Å²) in [6, 6.07) is 0. The normalized spacial score (nSPS) is 18.8. The molecule has 3 nitrogen and oxygen atoms in total. The van der Waals surface area contributed by atoms with E-state index in [9.17, 15) is 4.79 Å². The molecule has 1 rings (SSSR count). The van der Waals surface area contributed by atoms with Crippen molar-refractivity contribution in [2.24, 2.45) is 5.73 Å². The smallest absolute Gasteiger partial charge is 0.303 e. The maximum Gasteiger partial charge on any atom is 0.303 e. The molecule has 0 atom stereocenters. The van der Waals surface area contributed by atoms with E-state index in [2.05, 4.69) is 0 Å². The molecule has 16 heavy (non-hydrogen) atoms. The average Bonchev–Trinajstić information content (AvgIpc) is 2.47. The number of carboxylic acids is 1. The fraction of sp³-hybridized carbons (Fsp3) is 0.917. The number of carbonyl (C=O) groups is 1. The number of halogens is 1. The summed E-state index contributed by atoms with van der Waals surface area (Å²) in [5.41, 5.74) is 5.79. The molecular weight excluding hydrogens is 226 g/mol. The second kappa shape index (κ2) is 6.45. The number of hydrogen-bond acceptors (Lipinski definition) is 2. The molecule has 1 saturated carbocycles. The Kier molecular flexibility index (Phi) is 6.34. The highest BCUT2D eigenvalue weighted by Crippen LogP contribution is 2.30. The fourth-order valence-electron chi connectivity index (χ4n) is 1.69. The van der Waals surface area contributed by atoms with Crippen LogP contribution in [0.25, 0.3) is 0 Å². The van der Waals surface area contributed by atoms with Crippen LogP contribution >= 0.6 is 11.6 Å². The third-order valence-corrected chi connectivity index (χ3v) is 2.44. The monoisotopic (exact) mass is 249 g/mol. The van der Waals surface area contributed by atoms with E-state index in [4.69, 9.17) is 22.4 Å². The maximum atomic E-state index is 10.2. The van der Waals surface area contributed by atoms with E-state index in [1.54, 1.807) is 0 Å². The van der Waals surface area contributed by atoms with Gasteiger partial charge in [0.05, 0.1) is 0 Å². The van der Waals surface area contributed by atoms with Gasteiger partial charge < -0.3 is 10.8 Å². The van der Waals surface area contributed by atoms with Crippen LogP contribution in [-0.4, -0.2) is 21.5 Å². The highest BCUT2D eigenvalue weighted by Gasteiger charge is 2.29. The molecule has 0 spiro atoms. The van der Waals surface area contributed by atoms with Gasteiger partial charge in [-0.3, -0.25) is 4.79 Å². The maximum absolute atomic E-state index is 10.2. The molecular formula is C12H24ClNO2. The van der Waals surface area contributed by atoms with E-state index < -0.39 is 5.97 Å². The lowest BCUT2D eigenvalue weighted by Gasteiger charge is -2.21. The highest BCUT2D eigenvalue weighted by molar-refractivity contribution is 6.23. The Balaban J connectivity index is 0.000000385. The Hall–Kier alpha value is -0.280. The lowest BCUT2D eigenvalue weighted by molar-refractivity contribution is -0.137. The van der Waals surface area contributed by atoms with Crippen LogP contribution < -0.4 is 5.73 Å². The van der Waals surface area contributed by atoms with E-state index in [0.717, 1.165) is 25.7 Å². The lowest BCUT2D eigenvalue weighted by atomic mass is 9.93. The molecule has 1 aliphatic rings. The lowest BCUT2D eigenvalue weighted by Crippen LogP contribution is -2.36. The van der Waals surface area contributed by atoms with E-state index in [1.165, 1.54) is 0 Å². The van der Waals surface area contributed by atoms with Crippen LogP contribution in [-0.2, 0) is 4.79 Å². The number of aliphatic carboxylic acids is 1. The van der Waals surface area contributed by atoms with Crippen molar-refractivity contribution < 1.29 is 9.90 Å². The minimum absolute atomic E-state index is 0.0278. The van der Waals surface area contributed by atoms with Crippen molar-refractivity contribution in [3.05, 3.63) is 0 Å². The van der Waals surface area contributed by atoms with Gasteiger partial charge in [0, 0.05) is 16.8 Å². The Morgan fingerprint density at radius 1 is 1.38 bits per heavy atom. The molecule has 4 heteroatoms. The first kappa shape index (κ1) is 15.7. The first-order chi connectivity index (χ1) is 7.12. The molecule has 1 aliphatic carbocycles. The van der Waals surface area contributed by atoms with Gasteiger partial charge in [-0.05, 0) is 40.0 Å². The number of alkyl halides is 1. The van der Waals surface area contributed by atoms with Crippen LogP contribution in [0.15, 0.2) is 0 Å². The third-order valence-electron chi connectivity index (χ3n) is 2.44. The number of nitrogens with two attached hydrogens (primary N) is 1. The zero-order valence-corrected chi connectivity index (χ0v) is 11.3. The van der Waals surface area contributed by atoms with E-state index >= 15 is 0 Å². The quantitative estimate of drug-likeness (QED) is 0.756. The van der Waals surface area contributed by atoms with Crippen molar-refractivity contribution in [1.29, 1.82) is 0 Å². The molecule has 0 aromatic heterocycles. The van der Waals surface area contributed by atoms with Gasteiger partial charge in [-0.1, -0.05) is 12.8 Å². The van der Waals surface area contributed by atoms with Crippen molar-refractivity contribution in [2.75, 3.05) is 0 Å². The van der Waals surface area contributed by atoms with Gasteiger partial charge in [-0.2, -0.15) is 0 Å². The molecule has 0 aromatic carbocycles. The highest BCUT2D eigenvalue weighted by atomic mass is 35.5. The van der Waals surface area contributed by atoms with E-state index in [1.807, 2.05) is 20.8 Å². The van der Waals surface area contributed by atoms with Crippen molar-refractivity contribution in [1.82, 2.24) is 0 Å². The molecule has 0 saturated heterocycles. The van der Waals surface area contributed by atoms with Gasteiger partial charge in [0.25, 0.3) is 0 Å². The summed E-state index contributed by atoms with van der Waals surface area (Å²) in [5, 5.41) is 8.43.